The van der Waals surface area contributed by atoms with Gasteiger partial charge in [-0.25, -0.2) is 9.37 Å². The molecule has 6 nitrogen and oxygen atoms in total. The summed E-state index contributed by atoms with van der Waals surface area (Å²) in [5.41, 5.74) is 1.59. The SMILES string of the molecule is C[C@H](Oc1ccc(F)cc1)C(=O)Nc1ccc2nc(N3CCOCC3)sc2c1. The Morgan fingerprint density at radius 1 is 1.25 bits per heavy atom. The number of carbonyl (C=O) groups excluding carboxylic acids is 1. The van der Waals surface area contributed by atoms with Gasteiger partial charge in [0.05, 0.1) is 23.4 Å². The second-order valence-electron chi connectivity index (χ2n) is 6.48. The molecule has 1 saturated heterocycles. The number of ether oxygens (including phenoxy) is 2. The minimum absolute atomic E-state index is 0.276. The molecule has 1 atom stereocenters. The molecule has 1 aliphatic rings. The highest BCUT2D eigenvalue weighted by molar-refractivity contribution is 7.22. The number of nitrogens with one attached hydrogen (secondary N) is 1. The van der Waals surface area contributed by atoms with Gasteiger partial charge in [0.15, 0.2) is 11.2 Å². The van der Waals surface area contributed by atoms with Crippen molar-refractivity contribution in [2.45, 2.75) is 13.0 Å². The van der Waals surface area contributed by atoms with Crippen LogP contribution in [-0.2, 0) is 9.53 Å². The number of amides is 1. The summed E-state index contributed by atoms with van der Waals surface area (Å²) in [7, 11) is 0. The number of thiazole rings is 1. The first-order valence-electron chi connectivity index (χ1n) is 9.05. The molecule has 0 radical (unpaired) electrons. The molecule has 0 spiro atoms. The van der Waals surface area contributed by atoms with E-state index in [-0.39, 0.29) is 11.7 Å². The van der Waals surface area contributed by atoms with Gasteiger partial charge in [-0.2, -0.15) is 0 Å². The van der Waals surface area contributed by atoms with Crippen LogP contribution in [0.25, 0.3) is 10.2 Å². The predicted octanol–water partition coefficient (Wildman–Crippen LogP) is 3.68. The van der Waals surface area contributed by atoms with Crippen LogP contribution in [-0.4, -0.2) is 43.3 Å². The van der Waals surface area contributed by atoms with Crippen molar-refractivity contribution >= 4 is 38.3 Å². The van der Waals surface area contributed by atoms with Crippen LogP contribution in [0.3, 0.4) is 0 Å². The lowest BCUT2D eigenvalue weighted by Crippen LogP contribution is -2.36. The number of carbonyl (C=O) groups is 1. The first-order valence-corrected chi connectivity index (χ1v) is 9.86. The number of nitrogens with zero attached hydrogens (tertiary/aromatic N) is 2. The number of hydrogen-bond donors (Lipinski definition) is 1. The number of anilines is 2. The number of fused-ring (bicyclic) bond motifs is 1. The van der Waals surface area contributed by atoms with E-state index in [1.807, 2.05) is 18.2 Å². The van der Waals surface area contributed by atoms with E-state index in [1.54, 1.807) is 18.3 Å². The van der Waals surface area contributed by atoms with E-state index in [2.05, 4.69) is 15.2 Å². The van der Waals surface area contributed by atoms with Gasteiger partial charge in [-0.15, -0.1) is 0 Å². The zero-order valence-corrected chi connectivity index (χ0v) is 16.2. The van der Waals surface area contributed by atoms with Crippen molar-refractivity contribution in [3.8, 4) is 5.75 Å². The van der Waals surface area contributed by atoms with Crippen molar-refractivity contribution in [3.05, 3.63) is 48.3 Å². The Hall–Kier alpha value is -2.71. The van der Waals surface area contributed by atoms with E-state index >= 15 is 0 Å². The minimum atomic E-state index is -0.716. The lowest BCUT2D eigenvalue weighted by Gasteiger charge is -2.25. The molecular weight excluding hydrogens is 381 g/mol. The topological polar surface area (TPSA) is 63.7 Å². The fourth-order valence-electron chi connectivity index (χ4n) is 2.89. The zero-order chi connectivity index (χ0) is 19.5. The second kappa shape index (κ2) is 8.12. The van der Waals surface area contributed by atoms with Gasteiger partial charge in [0.2, 0.25) is 0 Å². The molecule has 0 bridgehead atoms. The molecule has 0 saturated carbocycles. The highest BCUT2D eigenvalue weighted by Gasteiger charge is 2.17. The lowest BCUT2D eigenvalue weighted by atomic mass is 10.2. The van der Waals surface area contributed by atoms with Crippen LogP contribution >= 0.6 is 11.3 Å². The third-order valence-corrected chi connectivity index (χ3v) is 5.50. The summed E-state index contributed by atoms with van der Waals surface area (Å²) >= 11 is 1.60. The molecule has 8 heteroatoms. The Labute approximate surface area is 165 Å². The van der Waals surface area contributed by atoms with Crippen LogP contribution in [0.15, 0.2) is 42.5 Å². The lowest BCUT2D eigenvalue weighted by molar-refractivity contribution is -0.122. The highest BCUT2D eigenvalue weighted by Crippen LogP contribution is 2.31. The number of benzene rings is 2. The Morgan fingerprint density at radius 3 is 2.75 bits per heavy atom. The van der Waals surface area contributed by atoms with Gasteiger partial charge < -0.3 is 19.7 Å². The van der Waals surface area contributed by atoms with Gasteiger partial charge in [-0.1, -0.05) is 11.3 Å². The molecule has 1 amide bonds. The third kappa shape index (κ3) is 4.23. The van der Waals surface area contributed by atoms with Gasteiger partial charge in [0, 0.05) is 18.8 Å². The molecule has 1 fully saturated rings. The number of halogens is 1. The fraction of sp³-hybridized carbons (Fsp3) is 0.300. The average Bonchev–Trinajstić information content (AvgIpc) is 3.14. The van der Waals surface area contributed by atoms with E-state index in [0.29, 0.717) is 24.7 Å². The first kappa shape index (κ1) is 18.6. The largest absolute Gasteiger partial charge is 0.481 e. The molecular formula is C20H20FN3O3S. The molecule has 1 aliphatic heterocycles. The Morgan fingerprint density at radius 2 is 2.00 bits per heavy atom. The van der Waals surface area contributed by atoms with E-state index in [1.165, 1.54) is 24.3 Å². The molecule has 2 aromatic carbocycles. The molecule has 2 heterocycles. The summed E-state index contributed by atoms with van der Waals surface area (Å²) in [6.07, 6.45) is -0.716. The van der Waals surface area contributed by atoms with Crippen LogP contribution in [0.2, 0.25) is 0 Å². The third-order valence-electron chi connectivity index (χ3n) is 4.42. The minimum Gasteiger partial charge on any atom is -0.481 e. The van der Waals surface area contributed by atoms with Crippen molar-refractivity contribution in [2.75, 3.05) is 36.5 Å². The molecule has 3 aromatic rings. The van der Waals surface area contributed by atoms with E-state index in [4.69, 9.17) is 9.47 Å². The molecule has 4 rings (SSSR count). The Kier molecular flexibility index (Phi) is 5.40. The maximum atomic E-state index is 13.0. The molecule has 1 aromatic heterocycles. The Balaban J connectivity index is 1.43. The van der Waals surface area contributed by atoms with Crippen LogP contribution in [0.4, 0.5) is 15.2 Å². The zero-order valence-electron chi connectivity index (χ0n) is 15.4. The van der Waals surface area contributed by atoms with Crippen molar-refractivity contribution in [1.82, 2.24) is 4.98 Å². The highest BCUT2D eigenvalue weighted by atomic mass is 32.1. The van der Waals surface area contributed by atoms with Crippen molar-refractivity contribution in [1.29, 1.82) is 0 Å². The van der Waals surface area contributed by atoms with Gasteiger partial charge in [-0.05, 0) is 49.4 Å². The maximum Gasteiger partial charge on any atom is 0.265 e. The van der Waals surface area contributed by atoms with Gasteiger partial charge in [0.25, 0.3) is 5.91 Å². The average molecular weight is 401 g/mol. The van der Waals surface area contributed by atoms with Gasteiger partial charge in [0.1, 0.15) is 11.6 Å². The quantitative estimate of drug-likeness (QED) is 0.707. The number of rotatable bonds is 5. The summed E-state index contributed by atoms with van der Waals surface area (Å²) < 4.78 is 24.9. The molecule has 1 N–H and O–H groups in total. The van der Waals surface area contributed by atoms with Crippen LogP contribution in [0, 0.1) is 5.82 Å². The first-order chi connectivity index (χ1) is 13.6. The normalized spacial score (nSPS) is 15.4. The standard InChI is InChI=1S/C20H20FN3O3S/c1-13(27-16-5-2-14(21)3-6-16)19(25)22-15-4-7-17-18(12-15)28-20(23-17)24-8-10-26-11-9-24/h2-7,12-13H,8-11H2,1H3,(H,22,25)/t13-/m0/s1. The number of aromatic nitrogens is 1. The molecule has 0 unspecified atom stereocenters. The molecule has 28 heavy (non-hydrogen) atoms. The van der Waals surface area contributed by atoms with Crippen LogP contribution in [0.5, 0.6) is 5.75 Å². The maximum absolute atomic E-state index is 13.0. The summed E-state index contributed by atoms with van der Waals surface area (Å²) in [5.74, 6) is -0.183. The van der Waals surface area contributed by atoms with E-state index in [0.717, 1.165) is 28.4 Å². The summed E-state index contributed by atoms with van der Waals surface area (Å²) in [6, 6.07) is 11.2. The predicted molar refractivity (Wildman–Crippen MR) is 108 cm³/mol. The van der Waals surface area contributed by atoms with Gasteiger partial charge in [-0.3, -0.25) is 4.79 Å². The molecule has 0 aliphatic carbocycles. The second-order valence-corrected chi connectivity index (χ2v) is 7.49. The fourth-order valence-corrected chi connectivity index (χ4v) is 3.95. The van der Waals surface area contributed by atoms with Crippen molar-refractivity contribution in [3.63, 3.8) is 0 Å². The number of morpholine rings is 1. The Bertz CT molecular complexity index is 970. The summed E-state index contributed by atoms with van der Waals surface area (Å²) in [5, 5.41) is 3.83. The van der Waals surface area contributed by atoms with E-state index < -0.39 is 6.10 Å². The summed E-state index contributed by atoms with van der Waals surface area (Å²) in [4.78, 5) is 19.3. The smallest absolute Gasteiger partial charge is 0.265 e. The summed E-state index contributed by atoms with van der Waals surface area (Å²) in [6.45, 7) is 4.75. The van der Waals surface area contributed by atoms with Crippen molar-refractivity contribution < 1.29 is 18.7 Å². The molecule has 146 valence electrons. The van der Waals surface area contributed by atoms with Crippen LogP contribution in [0.1, 0.15) is 6.92 Å². The van der Waals surface area contributed by atoms with Gasteiger partial charge >= 0.3 is 0 Å². The monoisotopic (exact) mass is 401 g/mol. The van der Waals surface area contributed by atoms with Crippen molar-refractivity contribution in [2.24, 2.45) is 0 Å². The van der Waals surface area contributed by atoms with Crippen LogP contribution < -0.4 is 15.0 Å². The number of hydrogen-bond acceptors (Lipinski definition) is 6. The van der Waals surface area contributed by atoms with E-state index in [9.17, 15) is 9.18 Å².